The van der Waals surface area contributed by atoms with Gasteiger partial charge in [-0.25, -0.2) is 0 Å². The molecule has 0 aromatic heterocycles. The molecule has 0 amide bonds. The Bertz CT molecular complexity index is 546. The largest absolute Gasteiger partial charge is 0.460 e. The summed E-state index contributed by atoms with van der Waals surface area (Å²) in [6.45, 7) is 6.83. The molecule has 1 heterocycles. The van der Waals surface area contributed by atoms with Crippen LogP contribution in [0.1, 0.15) is 40.0 Å². The van der Waals surface area contributed by atoms with Gasteiger partial charge in [0.2, 0.25) is 6.54 Å². The first-order valence-corrected chi connectivity index (χ1v) is 8.30. The monoisotopic (exact) mass is 323 g/mol. The van der Waals surface area contributed by atoms with Crippen LogP contribution in [-0.2, 0) is 14.3 Å². The second-order valence-corrected chi connectivity index (χ2v) is 8.29. The molecule has 1 saturated heterocycles. The van der Waals surface area contributed by atoms with Crippen molar-refractivity contribution in [1.29, 1.82) is 0 Å². The minimum absolute atomic E-state index is 0.135. The zero-order valence-electron chi connectivity index (χ0n) is 14.0. The molecule has 0 spiro atoms. The molecule has 23 heavy (non-hydrogen) atoms. The van der Waals surface area contributed by atoms with E-state index in [0.717, 1.165) is 26.1 Å². The highest BCUT2D eigenvalue weighted by Crippen LogP contribution is 2.61. The number of allylic oxidation sites excluding steroid dienone is 1. The van der Waals surface area contributed by atoms with Gasteiger partial charge < -0.3 is 9.47 Å². The summed E-state index contributed by atoms with van der Waals surface area (Å²) in [6.07, 6.45) is 4.09. The minimum Gasteiger partial charge on any atom is -0.460 e. The number of nitro groups is 1. The van der Waals surface area contributed by atoms with Crippen molar-refractivity contribution in [2.75, 3.05) is 19.8 Å². The van der Waals surface area contributed by atoms with Gasteiger partial charge in [-0.2, -0.15) is 0 Å². The first kappa shape index (κ1) is 16.4. The third-order valence-electron chi connectivity index (χ3n) is 5.30. The first-order chi connectivity index (χ1) is 10.7. The maximum atomic E-state index is 12.2. The van der Waals surface area contributed by atoms with Gasteiger partial charge >= 0.3 is 5.97 Å². The van der Waals surface area contributed by atoms with Gasteiger partial charge in [0.25, 0.3) is 0 Å². The molecule has 0 unspecified atom stereocenters. The molecule has 0 aromatic rings. The van der Waals surface area contributed by atoms with Crippen LogP contribution in [0.4, 0.5) is 0 Å². The number of fused-ring (bicyclic) bond motifs is 1. The summed E-state index contributed by atoms with van der Waals surface area (Å²) in [5.41, 5.74) is 0.249. The van der Waals surface area contributed by atoms with Crippen LogP contribution in [0.15, 0.2) is 11.6 Å². The normalized spacial score (nSPS) is 33.3. The molecular formula is C17H25NO5. The average molecular weight is 323 g/mol. The van der Waals surface area contributed by atoms with Gasteiger partial charge in [0.15, 0.2) is 0 Å². The molecule has 0 aromatic carbocycles. The Labute approximate surface area is 136 Å². The Balaban J connectivity index is 1.72. The van der Waals surface area contributed by atoms with E-state index < -0.39 is 11.0 Å². The van der Waals surface area contributed by atoms with E-state index >= 15 is 0 Å². The van der Waals surface area contributed by atoms with Gasteiger partial charge in [0, 0.05) is 10.8 Å². The molecule has 2 fully saturated rings. The lowest BCUT2D eigenvalue weighted by molar-refractivity contribution is -0.506. The molecule has 0 bridgehead atoms. The van der Waals surface area contributed by atoms with Crippen molar-refractivity contribution >= 4 is 5.97 Å². The number of hydrogen-bond acceptors (Lipinski definition) is 5. The topological polar surface area (TPSA) is 78.7 Å². The third kappa shape index (κ3) is 3.27. The Morgan fingerprint density at radius 3 is 2.70 bits per heavy atom. The van der Waals surface area contributed by atoms with Gasteiger partial charge in [-0.15, -0.1) is 0 Å². The SMILES string of the molecule is CC(C)(C)OC(=O)C[C@]1(C[N+](=O)[O-])C[C@@H]2CC(C3COC3)=C[C@@H]21. The highest BCUT2D eigenvalue weighted by Gasteiger charge is 2.59. The highest BCUT2D eigenvalue weighted by atomic mass is 16.6. The second-order valence-electron chi connectivity index (χ2n) is 8.29. The summed E-state index contributed by atoms with van der Waals surface area (Å²) in [5, 5.41) is 11.2. The molecule has 6 nitrogen and oxygen atoms in total. The van der Waals surface area contributed by atoms with Crippen molar-refractivity contribution < 1.29 is 19.2 Å². The van der Waals surface area contributed by atoms with Crippen molar-refractivity contribution in [3.8, 4) is 0 Å². The number of carbonyl (C=O) groups is 1. The smallest absolute Gasteiger partial charge is 0.307 e. The molecule has 0 N–H and O–H groups in total. The van der Waals surface area contributed by atoms with Crippen molar-refractivity contribution in [2.45, 2.75) is 45.6 Å². The summed E-state index contributed by atoms with van der Waals surface area (Å²) < 4.78 is 10.7. The fraction of sp³-hybridized carbons (Fsp3) is 0.824. The van der Waals surface area contributed by atoms with Gasteiger partial charge in [0.1, 0.15) is 5.60 Å². The van der Waals surface area contributed by atoms with Crippen LogP contribution in [0.5, 0.6) is 0 Å². The molecule has 1 aliphatic heterocycles. The van der Waals surface area contributed by atoms with Gasteiger partial charge in [-0.05, 0) is 45.4 Å². The van der Waals surface area contributed by atoms with E-state index in [1.807, 2.05) is 20.8 Å². The molecule has 128 valence electrons. The molecular weight excluding hydrogens is 298 g/mol. The quantitative estimate of drug-likeness (QED) is 0.336. The van der Waals surface area contributed by atoms with E-state index in [9.17, 15) is 14.9 Å². The molecule has 3 aliphatic rings. The Kier molecular flexibility index (Phi) is 3.99. The number of esters is 1. The van der Waals surface area contributed by atoms with E-state index in [4.69, 9.17) is 9.47 Å². The van der Waals surface area contributed by atoms with Gasteiger partial charge in [0.05, 0.1) is 25.0 Å². The zero-order chi connectivity index (χ0) is 16.8. The predicted molar refractivity (Wildman–Crippen MR) is 83.4 cm³/mol. The highest BCUT2D eigenvalue weighted by molar-refractivity contribution is 5.71. The Morgan fingerprint density at radius 2 is 2.17 bits per heavy atom. The van der Waals surface area contributed by atoms with Crippen LogP contribution < -0.4 is 0 Å². The fourth-order valence-electron chi connectivity index (χ4n) is 4.33. The zero-order valence-corrected chi connectivity index (χ0v) is 14.0. The fourth-order valence-corrected chi connectivity index (χ4v) is 4.33. The summed E-state index contributed by atoms with van der Waals surface area (Å²) in [7, 11) is 0. The number of rotatable bonds is 5. The van der Waals surface area contributed by atoms with Crippen molar-refractivity contribution in [3.63, 3.8) is 0 Å². The number of ether oxygens (including phenoxy) is 2. The molecule has 3 rings (SSSR count). The Hall–Kier alpha value is -1.43. The first-order valence-electron chi connectivity index (χ1n) is 8.30. The number of nitrogens with zero attached hydrogens (tertiary/aromatic N) is 1. The summed E-state index contributed by atoms with van der Waals surface area (Å²) >= 11 is 0. The standard InChI is InChI=1S/C17H25NO5/c1-16(2,3)23-15(19)7-17(10-18(20)21)6-12-4-11(5-14(12)17)13-8-22-9-13/h5,12-14H,4,6-10H2,1-3H3/t12-,14-,17-/m0/s1. The van der Waals surface area contributed by atoms with E-state index in [1.54, 1.807) is 0 Å². The lowest BCUT2D eigenvalue weighted by atomic mass is 9.53. The van der Waals surface area contributed by atoms with Crippen LogP contribution in [0.25, 0.3) is 0 Å². The maximum absolute atomic E-state index is 12.2. The minimum atomic E-state index is -0.567. The van der Waals surface area contributed by atoms with Gasteiger partial charge in [-0.1, -0.05) is 11.6 Å². The third-order valence-corrected chi connectivity index (χ3v) is 5.30. The molecule has 3 atom stereocenters. The molecule has 0 radical (unpaired) electrons. The lowest BCUT2D eigenvalue weighted by Gasteiger charge is -2.49. The van der Waals surface area contributed by atoms with Crippen LogP contribution in [-0.4, -0.2) is 36.3 Å². The van der Waals surface area contributed by atoms with E-state index in [1.165, 1.54) is 5.57 Å². The van der Waals surface area contributed by atoms with Crippen molar-refractivity contribution in [3.05, 3.63) is 21.8 Å². The van der Waals surface area contributed by atoms with E-state index in [0.29, 0.717) is 11.8 Å². The van der Waals surface area contributed by atoms with E-state index in [2.05, 4.69) is 6.08 Å². The molecule has 1 saturated carbocycles. The van der Waals surface area contributed by atoms with Crippen LogP contribution in [0.2, 0.25) is 0 Å². The van der Waals surface area contributed by atoms with Gasteiger partial charge in [-0.3, -0.25) is 14.9 Å². The number of carbonyl (C=O) groups excluding carboxylic acids is 1. The second kappa shape index (κ2) is 5.58. The number of hydrogen-bond donors (Lipinski definition) is 0. The average Bonchev–Trinajstić information content (AvgIpc) is 2.61. The van der Waals surface area contributed by atoms with Crippen LogP contribution in [0, 0.1) is 33.3 Å². The summed E-state index contributed by atoms with van der Waals surface area (Å²) in [5.74, 6) is 0.742. The van der Waals surface area contributed by atoms with Crippen molar-refractivity contribution in [1.82, 2.24) is 0 Å². The maximum Gasteiger partial charge on any atom is 0.307 e. The van der Waals surface area contributed by atoms with Crippen LogP contribution >= 0.6 is 0 Å². The van der Waals surface area contributed by atoms with Crippen molar-refractivity contribution in [2.24, 2.45) is 23.2 Å². The predicted octanol–water partition coefficient (Wildman–Crippen LogP) is 2.59. The summed E-state index contributed by atoms with van der Waals surface area (Å²) in [4.78, 5) is 23.1. The molecule has 6 heteroatoms. The van der Waals surface area contributed by atoms with Crippen LogP contribution in [0.3, 0.4) is 0 Å². The molecule has 2 aliphatic carbocycles. The lowest BCUT2D eigenvalue weighted by Crippen LogP contribution is -2.51. The summed E-state index contributed by atoms with van der Waals surface area (Å²) in [6, 6.07) is 0. The Morgan fingerprint density at radius 1 is 1.48 bits per heavy atom. The van der Waals surface area contributed by atoms with E-state index in [-0.39, 0.29) is 29.8 Å².